The molecule has 2 aromatic carbocycles. The van der Waals surface area contributed by atoms with Crippen molar-refractivity contribution in [1.29, 1.82) is 0 Å². The normalized spacial score (nSPS) is 9.96. The summed E-state index contributed by atoms with van der Waals surface area (Å²) in [6.45, 7) is 1.81. The van der Waals surface area contributed by atoms with Crippen molar-refractivity contribution in [2.75, 3.05) is 5.43 Å². The van der Waals surface area contributed by atoms with E-state index in [0.717, 1.165) is 5.69 Å². The lowest BCUT2D eigenvalue weighted by Gasteiger charge is -2.11. The Morgan fingerprint density at radius 1 is 1.12 bits per heavy atom. The fraction of sp³-hybridized carbons (Fsp3) is 0.0556. The van der Waals surface area contributed by atoms with Crippen LogP contribution in [0, 0.1) is 6.92 Å². The average Bonchev–Trinajstić information content (AvgIpc) is 2.97. The molecule has 7 heteroatoms. The zero-order valence-corrected chi connectivity index (χ0v) is 14.2. The summed E-state index contributed by atoms with van der Waals surface area (Å²) < 4.78 is 1.66. The van der Waals surface area contributed by atoms with Gasteiger partial charge in [0.15, 0.2) is 5.82 Å². The van der Waals surface area contributed by atoms with Crippen LogP contribution in [0.5, 0.6) is 0 Å². The van der Waals surface area contributed by atoms with E-state index in [2.05, 4.69) is 26.1 Å². The SMILES string of the molecule is Cc1nn(-c2ccccc2)c(NNC(=O)c2ccccc2)c1N=C=S. The average molecular weight is 349 g/mol. The van der Waals surface area contributed by atoms with E-state index in [4.69, 9.17) is 12.2 Å². The zero-order valence-electron chi connectivity index (χ0n) is 13.4. The molecule has 0 saturated heterocycles. The van der Waals surface area contributed by atoms with E-state index in [1.807, 2.05) is 43.3 Å². The third-order valence-electron chi connectivity index (χ3n) is 3.52. The first-order chi connectivity index (χ1) is 12.2. The van der Waals surface area contributed by atoms with Crippen molar-refractivity contribution in [3.05, 3.63) is 71.9 Å². The highest BCUT2D eigenvalue weighted by Gasteiger charge is 2.17. The van der Waals surface area contributed by atoms with E-state index in [9.17, 15) is 4.79 Å². The van der Waals surface area contributed by atoms with E-state index < -0.39 is 0 Å². The highest BCUT2D eigenvalue weighted by Crippen LogP contribution is 2.30. The van der Waals surface area contributed by atoms with Gasteiger partial charge in [0, 0.05) is 5.56 Å². The van der Waals surface area contributed by atoms with E-state index >= 15 is 0 Å². The molecule has 124 valence electrons. The monoisotopic (exact) mass is 349 g/mol. The van der Waals surface area contributed by atoms with Crippen LogP contribution < -0.4 is 10.9 Å². The first-order valence-corrected chi connectivity index (χ1v) is 7.96. The van der Waals surface area contributed by atoms with Gasteiger partial charge in [0.2, 0.25) is 0 Å². The summed E-state index contributed by atoms with van der Waals surface area (Å²) in [5, 5.41) is 6.82. The maximum absolute atomic E-state index is 12.3. The Labute approximate surface area is 150 Å². The third-order valence-corrected chi connectivity index (χ3v) is 3.61. The maximum atomic E-state index is 12.3. The van der Waals surface area contributed by atoms with Gasteiger partial charge in [-0.15, -0.1) is 0 Å². The number of aromatic nitrogens is 2. The second-order valence-corrected chi connectivity index (χ2v) is 5.36. The van der Waals surface area contributed by atoms with Crippen molar-refractivity contribution in [1.82, 2.24) is 15.2 Å². The standard InChI is InChI=1S/C18H15N5OS/c1-13-16(19-12-25)17(23(22-13)15-10-6-3-7-11-15)20-21-18(24)14-8-4-2-5-9-14/h2-11,20H,1H3,(H,21,24). The second kappa shape index (κ2) is 7.53. The van der Waals surface area contributed by atoms with Crippen molar-refractivity contribution in [2.45, 2.75) is 6.92 Å². The number of rotatable bonds is 5. The fourth-order valence-corrected chi connectivity index (χ4v) is 2.44. The minimum Gasteiger partial charge on any atom is -0.280 e. The molecule has 2 N–H and O–H groups in total. The molecule has 0 bridgehead atoms. The van der Waals surface area contributed by atoms with E-state index in [0.29, 0.717) is 22.8 Å². The van der Waals surface area contributed by atoms with Gasteiger partial charge in [-0.25, -0.2) is 4.68 Å². The number of para-hydroxylation sites is 1. The number of thiocarbonyl (C=S) groups is 1. The lowest BCUT2D eigenvalue weighted by Crippen LogP contribution is -2.30. The molecule has 3 aromatic rings. The maximum Gasteiger partial charge on any atom is 0.269 e. The number of amides is 1. The van der Waals surface area contributed by atoms with Crippen molar-refractivity contribution in [2.24, 2.45) is 4.99 Å². The molecule has 0 saturated carbocycles. The third kappa shape index (κ3) is 3.63. The highest BCUT2D eigenvalue weighted by atomic mass is 32.1. The van der Waals surface area contributed by atoms with Crippen LogP contribution >= 0.6 is 12.2 Å². The van der Waals surface area contributed by atoms with Crippen LogP contribution in [0.15, 0.2) is 65.7 Å². The molecule has 0 atom stereocenters. The number of nitrogens with zero attached hydrogens (tertiary/aromatic N) is 3. The molecule has 0 spiro atoms. The molecule has 0 aliphatic carbocycles. The van der Waals surface area contributed by atoms with Gasteiger partial charge in [-0.1, -0.05) is 36.4 Å². The van der Waals surface area contributed by atoms with E-state index in [1.54, 1.807) is 28.9 Å². The summed E-state index contributed by atoms with van der Waals surface area (Å²) in [6, 6.07) is 18.4. The molecule has 0 aliphatic heterocycles. The Kier molecular flexibility index (Phi) is 4.99. The van der Waals surface area contributed by atoms with Crippen molar-refractivity contribution >= 4 is 34.8 Å². The number of aliphatic imine (C=N–C) groups is 1. The lowest BCUT2D eigenvalue weighted by atomic mass is 10.2. The highest BCUT2D eigenvalue weighted by molar-refractivity contribution is 7.78. The molecule has 0 fully saturated rings. The Morgan fingerprint density at radius 2 is 1.76 bits per heavy atom. The van der Waals surface area contributed by atoms with Gasteiger partial charge in [0.1, 0.15) is 5.69 Å². The molecule has 1 aromatic heterocycles. The topological polar surface area (TPSA) is 71.3 Å². The van der Waals surface area contributed by atoms with Gasteiger partial charge in [-0.3, -0.25) is 15.6 Å². The molecule has 0 unspecified atom stereocenters. The van der Waals surface area contributed by atoms with Gasteiger partial charge in [0.25, 0.3) is 5.91 Å². The number of nitrogens with one attached hydrogen (secondary N) is 2. The Bertz CT molecular complexity index is 931. The Balaban J connectivity index is 1.94. The van der Waals surface area contributed by atoms with Crippen LogP contribution in [0.2, 0.25) is 0 Å². The smallest absolute Gasteiger partial charge is 0.269 e. The molecule has 0 aliphatic rings. The van der Waals surface area contributed by atoms with Crippen molar-refractivity contribution in [3.63, 3.8) is 0 Å². The summed E-state index contributed by atoms with van der Waals surface area (Å²) >= 11 is 4.72. The van der Waals surface area contributed by atoms with Crippen LogP contribution in [0.4, 0.5) is 11.5 Å². The van der Waals surface area contributed by atoms with Crippen LogP contribution in [0.3, 0.4) is 0 Å². The van der Waals surface area contributed by atoms with Gasteiger partial charge in [0.05, 0.1) is 16.5 Å². The Morgan fingerprint density at radius 3 is 2.40 bits per heavy atom. The molecule has 1 amide bonds. The van der Waals surface area contributed by atoms with Gasteiger partial charge in [-0.05, 0) is 43.4 Å². The number of aryl methyl sites for hydroxylation is 1. The van der Waals surface area contributed by atoms with Gasteiger partial charge >= 0.3 is 0 Å². The summed E-state index contributed by atoms with van der Waals surface area (Å²) in [7, 11) is 0. The van der Waals surface area contributed by atoms with Crippen LogP contribution in [0.1, 0.15) is 16.1 Å². The first kappa shape index (κ1) is 16.6. The molecular weight excluding hydrogens is 334 g/mol. The number of hydrogen-bond donors (Lipinski definition) is 2. The predicted molar refractivity (Wildman–Crippen MR) is 101 cm³/mol. The number of carbonyl (C=O) groups is 1. The quantitative estimate of drug-likeness (QED) is 0.419. The number of carbonyl (C=O) groups excluding carboxylic acids is 1. The molecule has 3 rings (SSSR count). The van der Waals surface area contributed by atoms with Crippen molar-refractivity contribution < 1.29 is 4.79 Å². The predicted octanol–water partition coefficient (Wildman–Crippen LogP) is 3.67. The van der Waals surface area contributed by atoms with Crippen molar-refractivity contribution in [3.8, 4) is 5.69 Å². The fourth-order valence-electron chi connectivity index (χ4n) is 2.34. The number of hydrogen-bond acceptors (Lipinski definition) is 5. The number of benzene rings is 2. The molecule has 0 radical (unpaired) electrons. The molecule has 6 nitrogen and oxygen atoms in total. The van der Waals surface area contributed by atoms with E-state index in [-0.39, 0.29) is 5.91 Å². The largest absolute Gasteiger partial charge is 0.280 e. The number of anilines is 1. The summed E-state index contributed by atoms with van der Waals surface area (Å²) in [5.41, 5.74) is 8.12. The second-order valence-electron chi connectivity index (χ2n) is 5.18. The minimum absolute atomic E-state index is 0.267. The molecule has 1 heterocycles. The van der Waals surface area contributed by atoms with Crippen LogP contribution in [0.25, 0.3) is 5.69 Å². The summed E-state index contributed by atoms with van der Waals surface area (Å²) in [6.07, 6.45) is 0. The lowest BCUT2D eigenvalue weighted by molar-refractivity contribution is 0.0962. The number of hydrazine groups is 1. The minimum atomic E-state index is -0.267. The first-order valence-electron chi connectivity index (χ1n) is 7.55. The van der Waals surface area contributed by atoms with E-state index in [1.165, 1.54) is 0 Å². The van der Waals surface area contributed by atoms with Gasteiger partial charge < -0.3 is 0 Å². The summed E-state index contributed by atoms with van der Waals surface area (Å²) in [4.78, 5) is 16.3. The van der Waals surface area contributed by atoms with Gasteiger partial charge in [-0.2, -0.15) is 10.1 Å². The Hall–Kier alpha value is -3.28. The number of isothiocyanates is 1. The zero-order chi connectivity index (χ0) is 17.6. The van der Waals surface area contributed by atoms with Crippen LogP contribution in [-0.2, 0) is 0 Å². The molecule has 25 heavy (non-hydrogen) atoms. The summed E-state index contributed by atoms with van der Waals surface area (Å²) in [5.74, 6) is 0.238. The van der Waals surface area contributed by atoms with Crippen LogP contribution in [-0.4, -0.2) is 20.8 Å². The molecular formula is C18H15N5OS.